The van der Waals surface area contributed by atoms with E-state index < -0.39 is 45.1 Å². The van der Waals surface area contributed by atoms with E-state index in [1.54, 1.807) is 20.8 Å². The molecule has 1 atom stereocenters. The number of carbonyl (C=O) groups is 1. The molecule has 2 aliphatic rings. The molecule has 2 aliphatic heterocycles. The molecule has 1 amide bonds. The minimum absolute atomic E-state index is 0.0551. The summed E-state index contributed by atoms with van der Waals surface area (Å²) in [6.07, 6.45) is 3.34. The molecule has 1 unspecified atom stereocenters. The minimum atomic E-state index is -3.81. The topological polar surface area (TPSA) is 108 Å². The first-order valence-electron chi connectivity index (χ1n) is 10.5. The number of likely N-dealkylation sites (tertiary alicyclic amines) is 1. The van der Waals surface area contributed by atoms with Gasteiger partial charge in [-0.05, 0) is 61.3 Å². The van der Waals surface area contributed by atoms with E-state index in [2.05, 4.69) is 9.97 Å². The predicted molar refractivity (Wildman–Crippen MR) is 116 cm³/mol. The zero-order chi connectivity index (χ0) is 23.2. The Hall–Kier alpha value is -1.72. The SMILES string of the molecule is CC(C)(C)OC(=O)N1CCCC(S(=O)(=O)c2ncc(B3OC(C)(C)C(C)(C)O3)cn2)C1. The number of amides is 1. The Morgan fingerprint density at radius 1 is 1.16 bits per heavy atom. The highest BCUT2D eigenvalue weighted by Gasteiger charge is 2.52. The van der Waals surface area contributed by atoms with Crippen LogP contribution in [-0.4, -0.2) is 71.6 Å². The van der Waals surface area contributed by atoms with Crippen LogP contribution in [0.25, 0.3) is 0 Å². The van der Waals surface area contributed by atoms with Gasteiger partial charge in [0.05, 0.1) is 16.5 Å². The molecule has 3 rings (SSSR count). The van der Waals surface area contributed by atoms with Crippen molar-refractivity contribution in [2.45, 2.75) is 88.5 Å². The molecule has 0 bridgehead atoms. The highest BCUT2D eigenvalue weighted by Crippen LogP contribution is 2.36. The first kappa shape index (κ1) is 23.9. The molecular weight excluding hydrogens is 421 g/mol. The molecule has 2 fully saturated rings. The number of rotatable bonds is 3. The van der Waals surface area contributed by atoms with Crippen molar-refractivity contribution in [3.05, 3.63) is 12.4 Å². The third kappa shape index (κ3) is 5.04. The first-order valence-corrected chi connectivity index (χ1v) is 12.1. The highest BCUT2D eigenvalue weighted by atomic mass is 32.2. The van der Waals surface area contributed by atoms with Crippen LogP contribution in [0.5, 0.6) is 0 Å². The second-order valence-corrected chi connectivity index (χ2v) is 12.2. The number of piperidine rings is 1. The largest absolute Gasteiger partial charge is 0.498 e. The van der Waals surface area contributed by atoms with Crippen molar-refractivity contribution in [2.75, 3.05) is 13.1 Å². The standard InChI is InChI=1S/C20H32BN3O6S/c1-18(2,3)28-17(25)24-10-8-9-15(13-24)31(26,27)16-22-11-14(12-23-16)21-29-19(4,5)20(6,7)30-21/h11-12,15H,8-10,13H2,1-7H3. The molecule has 0 aromatic carbocycles. The van der Waals surface area contributed by atoms with Crippen LogP contribution in [0.3, 0.4) is 0 Å². The molecule has 0 saturated carbocycles. The van der Waals surface area contributed by atoms with Crippen molar-refractivity contribution in [1.82, 2.24) is 14.9 Å². The van der Waals surface area contributed by atoms with Crippen molar-refractivity contribution < 1.29 is 27.3 Å². The number of ether oxygens (including phenoxy) is 1. The van der Waals surface area contributed by atoms with Gasteiger partial charge in [-0.3, -0.25) is 0 Å². The van der Waals surface area contributed by atoms with Gasteiger partial charge in [0.2, 0.25) is 15.0 Å². The quantitative estimate of drug-likeness (QED) is 0.505. The molecule has 1 aromatic heterocycles. The Kier molecular flexibility index (Phi) is 6.18. The average Bonchev–Trinajstić information content (AvgIpc) is 2.88. The normalized spacial score (nSPS) is 23.6. The van der Waals surface area contributed by atoms with Crippen LogP contribution in [0.15, 0.2) is 17.6 Å². The maximum atomic E-state index is 13.1. The van der Waals surface area contributed by atoms with Crippen LogP contribution in [0.1, 0.15) is 61.3 Å². The van der Waals surface area contributed by atoms with Gasteiger partial charge >= 0.3 is 13.2 Å². The fraction of sp³-hybridized carbons (Fsp3) is 0.750. The van der Waals surface area contributed by atoms with Gasteiger partial charge in [0.25, 0.3) is 0 Å². The second kappa shape index (κ2) is 8.01. The molecule has 1 aromatic rings. The maximum absolute atomic E-state index is 13.1. The molecule has 11 heteroatoms. The molecule has 0 N–H and O–H groups in total. The number of hydrogen-bond donors (Lipinski definition) is 0. The van der Waals surface area contributed by atoms with E-state index in [0.717, 1.165) is 0 Å². The Bertz CT molecular complexity index is 911. The predicted octanol–water partition coefficient (Wildman–Crippen LogP) is 1.95. The molecule has 2 saturated heterocycles. The van der Waals surface area contributed by atoms with Gasteiger partial charge in [0, 0.05) is 30.9 Å². The lowest BCUT2D eigenvalue weighted by molar-refractivity contribution is 0.00578. The number of hydrogen-bond acceptors (Lipinski definition) is 8. The zero-order valence-corrected chi connectivity index (χ0v) is 20.2. The Labute approximate surface area is 184 Å². The third-order valence-electron chi connectivity index (χ3n) is 5.90. The van der Waals surface area contributed by atoms with Gasteiger partial charge in [-0.15, -0.1) is 0 Å². The summed E-state index contributed by atoms with van der Waals surface area (Å²) in [6, 6.07) is 0. The van der Waals surface area contributed by atoms with E-state index in [0.29, 0.717) is 24.8 Å². The van der Waals surface area contributed by atoms with Crippen molar-refractivity contribution in [3.63, 3.8) is 0 Å². The summed E-state index contributed by atoms with van der Waals surface area (Å²) in [5.74, 6) is 0. The molecule has 0 spiro atoms. The summed E-state index contributed by atoms with van der Waals surface area (Å²) in [7, 11) is -4.48. The Balaban J connectivity index is 1.73. The van der Waals surface area contributed by atoms with Crippen LogP contribution < -0.4 is 5.46 Å². The maximum Gasteiger partial charge on any atom is 0.498 e. The number of carbonyl (C=O) groups excluding carboxylic acids is 1. The molecule has 3 heterocycles. The van der Waals surface area contributed by atoms with Gasteiger partial charge in [-0.1, -0.05) is 0 Å². The Morgan fingerprint density at radius 3 is 2.23 bits per heavy atom. The summed E-state index contributed by atoms with van der Waals surface area (Å²) < 4.78 is 43.5. The van der Waals surface area contributed by atoms with Crippen LogP contribution in [0.4, 0.5) is 4.79 Å². The lowest BCUT2D eigenvalue weighted by Gasteiger charge is -2.33. The van der Waals surface area contributed by atoms with E-state index in [-0.39, 0.29) is 11.7 Å². The summed E-state index contributed by atoms with van der Waals surface area (Å²) in [5, 5.41) is -1.04. The average molecular weight is 453 g/mol. The zero-order valence-electron chi connectivity index (χ0n) is 19.3. The fourth-order valence-corrected chi connectivity index (χ4v) is 4.96. The molecule has 0 aliphatic carbocycles. The molecule has 172 valence electrons. The Morgan fingerprint density at radius 2 is 1.71 bits per heavy atom. The molecule has 9 nitrogen and oxygen atoms in total. The van der Waals surface area contributed by atoms with Gasteiger partial charge in [-0.25, -0.2) is 23.2 Å². The van der Waals surface area contributed by atoms with E-state index in [9.17, 15) is 13.2 Å². The second-order valence-electron chi connectivity index (χ2n) is 10.1. The van der Waals surface area contributed by atoms with Crippen molar-refractivity contribution in [3.8, 4) is 0 Å². The van der Waals surface area contributed by atoms with Crippen LogP contribution >= 0.6 is 0 Å². The van der Waals surface area contributed by atoms with Gasteiger partial charge in [0.15, 0.2) is 0 Å². The lowest BCUT2D eigenvalue weighted by Crippen LogP contribution is -2.47. The smallest absolute Gasteiger partial charge is 0.444 e. The van der Waals surface area contributed by atoms with Crippen LogP contribution in [0, 0.1) is 0 Å². The molecule has 31 heavy (non-hydrogen) atoms. The van der Waals surface area contributed by atoms with Crippen LogP contribution in [0.2, 0.25) is 0 Å². The van der Waals surface area contributed by atoms with E-state index >= 15 is 0 Å². The first-order chi connectivity index (χ1) is 14.1. The van der Waals surface area contributed by atoms with E-state index in [1.165, 1.54) is 17.3 Å². The van der Waals surface area contributed by atoms with Gasteiger partial charge < -0.3 is 18.9 Å². The molecular formula is C20H32BN3O6S. The lowest BCUT2D eigenvalue weighted by atomic mass is 9.81. The van der Waals surface area contributed by atoms with Gasteiger partial charge in [-0.2, -0.15) is 0 Å². The number of aromatic nitrogens is 2. The monoisotopic (exact) mass is 453 g/mol. The summed E-state index contributed by atoms with van der Waals surface area (Å²) in [5.41, 5.74) is -1.13. The van der Waals surface area contributed by atoms with E-state index in [1.807, 2.05) is 27.7 Å². The fourth-order valence-electron chi connectivity index (χ4n) is 3.41. The number of nitrogens with zero attached hydrogens (tertiary/aromatic N) is 3. The minimum Gasteiger partial charge on any atom is -0.444 e. The molecule has 0 radical (unpaired) electrons. The third-order valence-corrected chi connectivity index (χ3v) is 7.88. The van der Waals surface area contributed by atoms with Crippen LogP contribution in [-0.2, 0) is 23.9 Å². The summed E-state index contributed by atoms with van der Waals surface area (Å²) in [6.45, 7) is 13.6. The summed E-state index contributed by atoms with van der Waals surface area (Å²) in [4.78, 5) is 22.0. The van der Waals surface area contributed by atoms with Crippen molar-refractivity contribution >= 4 is 28.5 Å². The highest BCUT2D eigenvalue weighted by molar-refractivity contribution is 7.91. The van der Waals surface area contributed by atoms with E-state index in [4.69, 9.17) is 14.0 Å². The summed E-state index contributed by atoms with van der Waals surface area (Å²) >= 11 is 0. The number of sulfone groups is 1. The van der Waals surface area contributed by atoms with Crippen molar-refractivity contribution in [2.24, 2.45) is 0 Å². The van der Waals surface area contributed by atoms with Crippen molar-refractivity contribution in [1.29, 1.82) is 0 Å². The van der Waals surface area contributed by atoms with Gasteiger partial charge in [0.1, 0.15) is 5.60 Å².